The first-order valence-electron chi connectivity index (χ1n) is 14.5. The second kappa shape index (κ2) is 11.5. The first kappa shape index (κ1) is 32.4. The zero-order chi connectivity index (χ0) is 32.1. The van der Waals surface area contributed by atoms with Crippen LogP contribution in [0.5, 0.6) is 0 Å². The van der Waals surface area contributed by atoms with E-state index in [0.717, 1.165) is 0 Å². The van der Waals surface area contributed by atoms with E-state index in [0.29, 0.717) is 11.1 Å². The minimum absolute atomic E-state index is 0.164. The summed E-state index contributed by atoms with van der Waals surface area (Å²) in [5, 5.41) is 24.1. The van der Waals surface area contributed by atoms with Gasteiger partial charge in [0.05, 0.1) is 11.7 Å². The Labute approximate surface area is 252 Å². The van der Waals surface area contributed by atoms with E-state index in [9.17, 15) is 29.4 Å². The van der Waals surface area contributed by atoms with Crippen LogP contribution in [0.15, 0.2) is 53.6 Å². The predicted octanol–water partition coefficient (Wildman–Crippen LogP) is 3.83. The van der Waals surface area contributed by atoms with Crippen LogP contribution in [0.25, 0.3) is 0 Å². The highest BCUT2D eigenvalue weighted by Gasteiger charge is 2.69. The number of carbonyl (C=O) groups excluding carboxylic acids is 4. The number of aliphatic hydroxyl groups excluding tert-OH is 1. The van der Waals surface area contributed by atoms with E-state index in [-0.39, 0.29) is 30.4 Å². The number of rotatable bonds is 5. The SMILES string of the molecule is C=C1C(O)CCC2(C)C(OC(C)=O)C(OC(C)=O)C3=C(C)C(OC(C)=O)CC(O)(C(OC(=O)c4ccccc4)C12)C3(C)C. The molecule has 10 nitrogen and oxygen atoms in total. The Morgan fingerprint density at radius 1 is 0.884 bits per heavy atom. The first-order valence-corrected chi connectivity index (χ1v) is 14.5. The maximum atomic E-state index is 13.7. The smallest absolute Gasteiger partial charge is 0.338 e. The Morgan fingerprint density at radius 3 is 2.02 bits per heavy atom. The van der Waals surface area contributed by atoms with Crippen molar-refractivity contribution in [2.45, 2.75) is 104 Å². The molecule has 1 aromatic rings. The Balaban J connectivity index is 2.09. The summed E-state index contributed by atoms with van der Waals surface area (Å²) >= 11 is 0. The second-order valence-corrected chi connectivity index (χ2v) is 12.8. The molecule has 0 amide bonds. The molecule has 2 bridgehead atoms. The number of carbonyl (C=O) groups is 4. The largest absolute Gasteiger partial charge is 0.458 e. The van der Waals surface area contributed by atoms with Gasteiger partial charge in [-0.15, -0.1) is 0 Å². The number of fused-ring (bicyclic) bond motifs is 3. The lowest BCUT2D eigenvalue weighted by atomic mass is 9.47. The van der Waals surface area contributed by atoms with Crippen LogP contribution in [0, 0.1) is 16.7 Å². The molecule has 2 saturated carbocycles. The molecular formula is C33H42O10. The number of benzene rings is 1. The molecule has 0 saturated heterocycles. The van der Waals surface area contributed by atoms with E-state index in [1.165, 1.54) is 20.8 Å². The third-order valence-corrected chi connectivity index (χ3v) is 9.77. The van der Waals surface area contributed by atoms with Crippen LogP contribution in [0.4, 0.5) is 0 Å². The van der Waals surface area contributed by atoms with Crippen LogP contribution in [0.2, 0.25) is 0 Å². The summed E-state index contributed by atoms with van der Waals surface area (Å²) in [7, 11) is 0. The lowest BCUT2D eigenvalue weighted by Crippen LogP contribution is -2.71. The van der Waals surface area contributed by atoms with Crippen molar-refractivity contribution in [2.75, 3.05) is 0 Å². The van der Waals surface area contributed by atoms with Crippen LogP contribution >= 0.6 is 0 Å². The van der Waals surface area contributed by atoms with Crippen molar-refractivity contribution in [3.63, 3.8) is 0 Å². The van der Waals surface area contributed by atoms with Gasteiger partial charge in [-0.05, 0) is 48.6 Å². The first-order chi connectivity index (χ1) is 20.0. The summed E-state index contributed by atoms with van der Waals surface area (Å²) in [5.74, 6) is -3.60. The van der Waals surface area contributed by atoms with E-state index in [1.807, 2.05) is 0 Å². The molecule has 2 fully saturated rings. The van der Waals surface area contributed by atoms with Crippen molar-refractivity contribution < 1.29 is 48.3 Å². The summed E-state index contributed by atoms with van der Waals surface area (Å²) in [5.41, 5.74) is -2.96. The lowest BCUT2D eigenvalue weighted by Gasteiger charge is -2.62. The molecule has 0 heterocycles. The monoisotopic (exact) mass is 598 g/mol. The second-order valence-electron chi connectivity index (χ2n) is 12.8. The molecule has 4 rings (SSSR count). The van der Waals surface area contributed by atoms with Crippen molar-refractivity contribution in [3.05, 3.63) is 59.2 Å². The lowest BCUT2D eigenvalue weighted by molar-refractivity contribution is -0.234. The van der Waals surface area contributed by atoms with Gasteiger partial charge in [0.2, 0.25) is 0 Å². The average molecular weight is 599 g/mol. The standard InChI is InChI=1S/C33H42O10/c1-17-23(37)14-15-32(8)26(17)28(43-30(38)22-12-10-9-11-13-22)33(39)16-24(40-19(3)34)18(2)25(31(33,6)7)27(41-20(4)35)29(32)42-21(5)36/h9-13,23-24,26-29,37,39H,1,14-16H2,2-8H3. The molecule has 234 valence electrons. The predicted molar refractivity (Wildman–Crippen MR) is 154 cm³/mol. The van der Waals surface area contributed by atoms with Crippen molar-refractivity contribution in [1.82, 2.24) is 0 Å². The maximum absolute atomic E-state index is 13.7. The van der Waals surface area contributed by atoms with Crippen LogP contribution in [-0.4, -0.2) is 70.2 Å². The van der Waals surface area contributed by atoms with E-state index in [1.54, 1.807) is 58.0 Å². The number of esters is 4. The summed E-state index contributed by atoms with van der Waals surface area (Å²) < 4.78 is 24.0. The minimum atomic E-state index is -1.95. The Morgan fingerprint density at radius 2 is 1.47 bits per heavy atom. The van der Waals surface area contributed by atoms with Gasteiger partial charge in [0.1, 0.15) is 23.9 Å². The molecule has 0 aromatic heterocycles. The molecule has 3 aliphatic carbocycles. The Kier molecular flexibility index (Phi) is 8.70. The Bertz CT molecular complexity index is 1350. The van der Waals surface area contributed by atoms with Gasteiger partial charge in [-0.2, -0.15) is 0 Å². The van der Waals surface area contributed by atoms with Gasteiger partial charge < -0.3 is 29.2 Å². The third kappa shape index (κ3) is 5.51. The highest BCUT2D eigenvalue weighted by molar-refractivity contribution is 5.89. The molecule has 0 aliphatic heterocycles. The van der Waals surface area contributed by atoms with Gasteiger partial charge in [-0.1, -0.05) is 45.5 Å². The fraction of sp³-hybridized carbons (Fsp3) is 0.576. The third-order valence-electron chi connectivity index (χ3n) is 9.77. The van der Waals surface area contributed by atoms with E-state index in [4.69, 9.17) is 18.9 Å². The number of hydrogen-bond donors (Lipinski definition) is 2. The fourth-order valence-corrected chi connectivity index (χ4v) is 7.62. The molecule has 2 N–H and O–H groups in total. The van der Waals surface area contributed by atoms with Crippen molar-refractivity contribution in [2.24, 2.45) is 16.7 Å². The van der Waals surface area contributed by atoms with Gasteiger partial charge in [-0.25, -0.2) is 4.79 Å². The molecule has 0 spiro atoms. The molecular weight excluding hydrogens is 556 g/mol. The number of ether oxygens (including phenoxy) is 4. The van der Waals surface area contributed by atoms with Gasteiger partial charge >= 0.3 is 23.9 Å². The zero-order valence-corrected chi connectivity index (χ0v) is 25.8. The fourth-order valence-electron chi connectivity index (χ4n) is 7.62. The van der Waals surface area contributed by atoms with Crippen molar-refractivity contribution >= 4 is 23.9 Å². The molecule has 8 atom stereocenters. The number of aliphatic hydroxyl groups is 2. The molecule has 3 aliphatic rings. The van der Waals surface area contributed by atoms with Crippen molar-refractivity contribution in [1.29, 1.82) is 0 Å². The quantitative estimate of drug-likeness (QED) is 0.291. The van der Waals surface area contributed by atoms with Gasteiger partial charge in [0.15, 0.2) is 6.10 Å². The summed E-state index contributed by atoms with van der Waals surface area (Å²) in [6.07, 6.45) is -5.39. The van der Waals surface area contributed by atoms with E-state index >= 15 is 0 Å². The van der Waals surface area contributed by atoms with Gasteiger partial charge in [-0.3, -0.25) is 14.4 Å². The molecule has 1 aromatic carbocycles. The molecule has 43 heavy (non-hydrogen) atoms. The molecule has 10 heteroatoms. The maximum Gasteiger partial charge on any atom is 0.338 e. The van der Waals surface area contributed by atoms with Crippen molar-refractivity contribution in [3.8, 4) is 0 Å². The van der Waals surface area contributed by atoms with Crippen LogP contribution < -0.4 is 0 Å². The molecule has 0 radical (unpaired) electrons. The highest BCUT2D eigenvalue weighted by Crippen LogP contribution is 2.62. The zero-order valence-electron chi connectivity index (χ0n) is 25.8. The van der Waals surface area contributed by atoms with Crippen LogP contribution in [-0.2, 0) is 33.3 Å². The summed E-state index contributed by atoms with van der Waals surface area (Å²) in [4.78, 5) is 51.3. The summed E-state index contributed by atoms with van der Waals surface area (Å²) in [6, 6.07) is 8.29. The normalized spacial score (nSPS) is 35.0. The van der Waals surface area contributed by atoms with Crippen LogP contribution in [0.1, 0.15) is 78.1 Å². The number of hydrogen-bond acceptors (Lipinski definition) is 10. The minimum Gasteiger partial charge on any atom is -0.458 e. The highest BCUT2D eigenvalue weighted by atomic mass is 16.6. The van der Waals surface area contributed by atoms with E-state index in [2.05, 4.69) is 6.58 Å². The van der Waals surface area contributed by atoms with Gasteiger partial charge in [0, 0.05) is 43.9 Å². The summed E-state index contributed by atoms with van der Waals surface area (Å²) in [6.45, 7) is 14.9. The topological polar surface area (TPSA) is 146 Å². The average Bonchev–Trinajstić information content (AvgIpc) is 2.91. The van der Waals surface area contributed by atoms with Gasteiger partial charge in [0.25, 0.3) is 0 Å². The molecule has 8 unspecified atom stereocenters. The Hall–Kier alpha value is -3.50. The van der Waals surface area contributed by atoms with Crippen LogP contribution in [0.3, 0.4) is 0 Å². The van der Waals surface area contributed by atoms with E-state index < -0.39 is 76.7 Å².